The van der Waals surface area contributed by atoms with Crippen LogP contribution in [0.15, 0.2) is 47.4 Å². The van der Waals surface area contributed by atoms with Crippen LogP contribution in [0.2, 0.25) is 0 Å². The number of sulfone groups is 1. The van der Waals surface area contributed by atoms with Gasteiger partial charge in [0.2, 0.25) is 0 Å². The van der Waals surface area contributed by atoms with Crippen molar-refractivity contribution in [3.63, 3.8) is 0 Å². The second-order valence-corrected chi connectivity index (χ2v) is 10.0. The third kappa shape index (κ3) is 5.06. The molecule has 0 fully saturated rings. The SMILES string of the molecule is CCN(CC)CCN(C(=O)c1ccccc1S(C)(=O)=O)c1nc2c(OC)cccc2s1. The molecule has 0 unspecified atom stereocenters. The second kappa shape index (κ2) is 9.76. The Balaban J connectivity index is 2.09. The summed E-state index contributed by atoms with van der Waals surface area (Å²) in [6.07, 6.45) is 1.11. The maximum Gasteiger partial charge on any atom is 0.261 e. The molecule has 2 aromatic carbocycles. The Labute approximate surface area is 187 Å². The molecule has 1 amide bonds. The summed E-state index contributed by atoms with van der Waals surface area (Å²) in [4.78, 5) is 22.1. The fourth-order valence-electron chi connectivity index (χ4n) is 3.37. The molecule has 31 heavy (non-hydrogen) atoms. The fourth-order valence-corrected chi connectivity index (χ4v) is 5.26. The first kappa shape index (κ1) is 23.2. The van der Waals surface area contributed by atoms with E-state index in [9.17, 15) is 13.2 Å². The van der Waals surface area contributed by atoms with Crippen LogP contribution in [0.25, 0.3) is 10.2 Å². The van der Waals surface area contributed by atoms with Gasteiger partial charge in [0.05, 0.1) is 22.3 Å². The Hall–Kier alpha value is -2.49. The second-order valence-electron chi connectivity index (χ2n) is 7.06. The molecule has 0 saturated heterocycles. The van der Waals surface area contributed by atoms with Crippen molar-refractivity contribution in [2.24, 2.45) is 0 Å². The van der Waals surface area contributed by atoms with Crippen LogP contribution in [0, 0.1) is 0 Å². The van der Waals surface area contributed by atoms with Gasteiger partial charge in [-0.1, -0.05) is 43.4 Å². The lowest BCUT2D eigenvalue weighted by atomic mass is 10.2. The molecule has 1 aromatic heterocycles. The van der Waals surface area contributed by atoms with E-state index in [0.29, 0.717) is 29.5 Å². The molecule has 3 rings (SSSR count). The van der Waals surface area contributed by atoms with Crippen LogP contribution in [0.3, 0.4) is 0 Å². The number of hydrogen-bond donors (Lipinski definition) is 0. The highest BCUT2D eigenvalue weighted by molar-refractivity contribution is 7.90. The highest BCUT2D eigenvalue weighted by atomic mass is 32.2. The molecule has 0 aliphatic heterocycles. The van der Waals surface area contributed by atoms with Crippen LogP contribution in [0.5, 0.6) is 5.75 Å². The molecule has 166 valence electrons. The van der Waals surface area contributed by atoms with Gasteiger partial charge in [-0.3, -0.25) is 9.69 Å². The minimum atomic E-state index is -3.57. The summed E-state index contributed by atoms with van der Waals surface area (Å²) >= 11 is 1.38. The van der Waals surface area contributed by atoms with Crippen molar-refractivity contribution in [3.8, 4) is 5.75 Å². The number of ether oxygens (including phenoxy) is 1. The number of amides is 1. The van der Waals surface area contributed by atoms with E-state index in [-0.39, 0.29) is 16.4 Å². The number of fused-ring (bicyclic) bond motifs is 1. The molecule has 0 N–H and O–H groups in total. The number of nitrogens with zero attached hydrogens (tertiary/aromatic N) is 3. The number of carbonyl (C=O) groups excluding carboxylic acids is 1. The van der Waals surface area contributed by atoms with E-state index < -0.39 is 9.84 Å². The van der Waals surface area contributed by atoms with Gasteiger partial charge in [-0.15, -0.1) is 0 Å². The molecule has 0 bridgehead atoms. The number of benzene rings is 2. The zero-order chi connectivity index (χ0) is 22.6. The lowest BCUT2D eigenvalue weighted by Gasteiger charge is -2.25. The summed E-state index contributed by atoms with van der Waals surface area (Å²) < 4.78 is 30.9. The average Bonchev–Trinajstić information content (AvgIpc) is 3.19. The Morgan fingerprint density at radius 2 is 1.77 bits per heavy atom. The average molecular weight is 462 g/mol. The molecular weight excluding hydrogens is 434 g/mol. The van der Waals surface area contributed by atoms with Gasteiger partial charge >= 0.3 is 0 Å². The zero-order valence-electron chi connectivity index (χ0n) is 18.2. The number of hydrogen-bond acceptors (Lipinski definition) is 7. The molecule has 0 saturated carbocycles. The first-order valence-corrected chi connectivity index (χ1v) is 12.8. The summed E-state index contributed by atoms with van der Waals surface area (Å²) in [6.45, 7) is 6.88. The number of methoxy groups -OCH3 is 1. The standard InChI is InChI=1S/C22H27N3O4S2/c1-5-24(6-2)14-15-25(21(26)16-10-7-8-13-19(16)31(4,27)28)22-23-20-17(29-3)11-9-12-18(20)30-22/h7-13H,5-6,14-15H2,1-4H3. The van der Waals surface area contributed by atoms with Gasteiger partial charge in [0.1, 0.15) is 11.3 Å². The van der Waals surface area contributed by atoms with Gasteiger partial charge in [0, 0.05) is 19.3 Å². The van der Waals surface area contributed by atoms with Gasteiger partial charge in [-0.2, -0.15) is 0 Å². The molecule has 0 aliphatic carbocycles. The molecule has 7 nitrogen and oxygen atoms in total. The molecule has 3 aromatic rings. The van der Waals surface area contributed by atoms with E-state index in [1.807, 2.05) is 18.2 Å². The number of likely N-dealkylation sites (N-methyl/N-ethyl adjacent to an activating group) is 1. The minimum Gasteiger partial charge on any atom is -0.494 e. The van der Waals surface area contributed by atoms with Crippen molar-refractivity contribution in [2.75, 3.05) is 44.4 Å². The first-order chi connectivity index (χ1) is 14.8. The predicted octanol–water partition coefficient (Wildman–Crippen LogP) is 3.70. The Morgan fingerprint density at radius 3 is 2.42 bits per heavy atom. The molecule has 0 atom stereocenters. The van der Waals surface area contributed by atoms with Gasteiger partial charge in [-0.05, 0) is 37.4 Å². The van der Waals surface area contributed by atoms with Gasteiger partial charge in [0.15, 0.2) is 15.0 Å². The maximum absolute atomic E-state index is 13.6. The molecular formula is C22H27N3O4S2. The number of thiazole rings is 1. The van der Waals surface area contributed by atoms with Gasteiger partial charge < -0.3 is 9.64 Å². The third-order valence-corrected chi connectivity index (χ3v) is 7.32. The highest BCUT2D eigenvalue weighted by Gasteiger charge is 2.26. The lowest BCUT2D eigenvalue weighted by molar-refractivity contribution is 0.0980. The highest BCUT2D eigenvalue weighted by Crippen LogP contribution is 2.35. The summed E-state index contributed by atoms with van der Waals surface area (Å²) in [5.74, 6) is 0.249. The minimum absolute atomic E-state index is 0.0199. The summed E-state index contributed by atoms with van der Waals surface area (Å²) in [5.41, 5.74) is 0.831. The Bertz CT molecular complexity index is 1170. The largest absolute Gasteiger partial charge is 0.494 e. The van der Waals surface area contributed by atoms with E-state index in [2.05, 4.69) is 23.7 Å². The predicted molar refractivity (Wildman–Crippen MR) is 125 cm³/mol. The zero-order valence-corrected chi connectivity index (χ0v) is 19.8. The topological polar surface area (TPSA) is 79.8 Å². The van der Waals surface area contributed by atoms with Crippen LogP contribution < -0.4 is 9.64 Å². The molecule has 0 radical (unpaired) electrons. The molecule has 1 heterocycles. The van der Waals surface area contributed by atoms with Gasteiger partial charge in [0.25, 0.3) is 5.91 Å². The van der Waals surface area contributed by atoms with Crippen LogP contribution in [0.4, 0.5) is 5.13 Å². The maximum atomic E-state index is 13.6. The molecule has 0 aliphatic rings. The molecule has 0 spiro atoms. The van der Waals surface area contributed by atoms with E-state index in [1.165, 1.54) is 17.4 Å². The van der Waals surface area contributed by atoms with Crippen LogP contribution in [-0.4, -0.2) is 63.8 Å². The first-order valence-electron chi connectivity index (χ1n) is 10.1. The van der Waals surface area contributed by atoms with Gasteiger partial charge in [-0.25, -0.2) is 13.4 Å². The van der Waals surface area contributed by atoms with E-state index in [1.54, 1.807) is 30.2 Å². The van der Waals surface area contributed by atoms with Crippen molar-refractivity contribution >= 4 is 42.4 Å². The van der Waals surface area contributed by atoms with Crippen molar-refractivity contribution in [1.82, 2.24) is 9.88 Å². The lowest BCUT2D eigenvalue weighted by Crippen LogP contribution is -2.39. The van der Waals surface area contributed by atoms with E-state index >= 15 is 0 Å². The molecule has 9 heteroatoms. The number of carbonyl (C=O) groups is 1. The van der Waals surface area contributed by atoms with E-state index in [4.69, 9.17) is 4.74 Å². The van der Waals surface area contributed by atoms with Crippen LogP contribution in [-0.2, 0) is 9.84 Å². The van der Waals surface area contributed by atoms with Crippen molar-refractivity contribution in [3.05, 3.63) is 48.0 Å². The smallest absolute Gasteiger partial charge is 0.261 e. The number of para-hydroxylation sites is 1. The van der Waals surface area contributed by atoms with Crippen molar-refractivity contribution in [2.45, 2.75) is 18.7 Å². The normalized spacial score (nSPS) is 11.8. The van der Waals surface area contributed by atoms with Crippen molar-refractivity contribution in [1.29, 1.82) is 0 Å². The summed E-state index contributed by atoms with van der Waals surface area (Å²) in [6, 6.07) is 11.9. The number of aromatic nitrogens is 1. The fraction of sp³-hybridized carbons (Fsp3) is 0.364. The number of rotatable bonds is 9. The Kier molecular flexibility index (Phi) is 7.30. The quantitative estimate of drug-likeness (QED) is 0.483. The summed E-state index contributed by atoms with van der Waals surface area (Å²) in [7, 11) is -1.98. The van der Waals surface area contributed by atoms with E-state index in [0.717, 1.165) is 24.0 Å². The van der Waals surface area contributed by atoms with Crippen LogP contribution >= 0.6 is 11.3 Å². The number of anilines is 1. The summed E-state index contributed by atoms with van der Waals surface area (Å²) in [5, 5.41) is 0.514. The Morgan fingerprint density at radius 1 is 1.06 bits per heavy atom. The van der Waals surface area contributed by atoms with Crippen molar-refractivity contribution < 1.29 is 17.9 Å². The monoisotopic (exact) mass is 461 g/mol. The third-order valence-electron chi connectivity index (χ3n) is 5.12. The van der Waals surface area contributed by atoms with Crippen LogP contribution in [0.1, 0.15) is 24.2 Å².